The molecule has 0 saturated carbocycles. The number of esters is 1. The third-order valence-corrected chi connectivity index (χ3v) is 4.35. The number of hydrogen-bond donors (Lipinski definition) is 1. The zero-order valence-corrected chi connectivity index (χ0v) is 15.2. The topological polar surface area (TPSA) is 73.2 Å². The lowest BCUT2D eigenvalue weighted by atomic mass is 10.1. The highest BCUT2D eigenvalue weighted by atomic mass is 19.1. The SMILES string of the molecule is O=C(NCOC(=O)c1ccccc1)c1ccc2c(cnn2-c2ccc(F)cc2)c1. The molecule has 0 saturated heterocycles. The van der Waals surface area contributed by atoms with Crippen LogP contribution in [0.25, 0.3) is 16.6 Å². The molecule has 6 nitrogen and oxygen atoms in total. The van der Waals surface area contributed by atoms with Crippen LogP contribution in [0.5, 0.6) is 0 Å². The zero-order valence-electron chi connectivity index (χ0n) is 15.2. The van der Waals surface area contributed by atoms with Crippen molar-refractivity contribution in [2.24, 2.45) is 0 Å². The molecule has 1 amide bonds. The number of nitrogens with zero attached hydrogens (tertiary/aromatic N) is 2. The van der Waals surface area contributed by atoms with Gasteiger partial charge in [0.1, 0.15) is 5.82 Å². The van der Waals surface area contributed by atoms with Crippen molar-refractivity contribution >= 4 is 22.8 Å². The lowest BCUT2D eigenvalue weighted by Gasteiger charge is -2.08. The van der Waals surface area contributed by atoms with Crippen LogP contribution in [0.1, 0.15) is 20.7 Å². The van der Waals surface area contributed by atoms with Gasteiger partial charge >= 0.3 is 5.97 Å². The maximum Gasteiger partial charge on any atom is 0.339 e. The van der Waals surface area contributed by atoms with Crippen molar-refractivity contribution in [2.45, 2.75) is 0 Å². The predicted octanol–water partition coefficient (Wildman–Crippen LogP) is 3.71. The Morgan fingerprint density at radius 2 is 1.72 bits per heavy atom. The molecule has 0 radical (unpaired) electrons. The van der Waals surface area contributed by atoms with E-state index in [-0.39, 0.29) is 18.5 Å². The van der Waals surface area contributed by atoms with Crippen LogP contribution < -0.4 is 5.32 Å². The van der Waals surface area contributed by atoms with Crippen molar-refractivity contribution in [1.29, 1.82) is 0 Å². The van der Waals surface area contributed by atoms with Crippen molar-refractivity contribution in [1.82, 2.24) is 15.1 Å². The average Bonchev–Trinajstić information content (AvgIpc) is 3.18. The largest absolute Gasteiger partial charge is 0.441 e. The summed E-state index contributed by atoms with van der Waals surface area (Å²) in [5.41, 5.74) is 2.32. The summed E-state index contributed by atoms with van der Waals surface area (Å²) in [5, 5.41) is 7.62. The van der Waals surface area contributed by atoms with Crippen LogP contribution in [0.4, 0.5) is 4.39 Å². The van der Waals surface area contributed by atoms with E-state index in [0.717, 1.165) is 10.9 Å². The molecule has 144 valence electrons. The molecule has 0 atom stereocenters. The van der Waals surface area contributed by atoms with Crippen LogP contribution in [0, 0.1) is 5.82 Å². The summed E-state index contributed by atoms with van der Waals surface area (Å²) in [7, 11) is 0. The molecule has 0 fully saturated rings. The molecule has 1 aromatic heterocycles. The number of aromatic nitrogens is 2. The third-order valence-electron chi connectivity index (χ3n) is 4.35. The second-order valence-electron chi connectivity index (χ2n) is 6.25. The maximum atomic E-state index is 13.1. The van der Waals surface area contributed by atoms with Gasteiger partial charge in [-0.05, 0) is 54.6 Å². The minimum Gasteiger partial charge on any atom is -0.441 e. The Kier molecular flexibility index (Phi) is 5.03. The Morgan fingerprint density at radius 3 is 2.48 bits per heavy atom. The number of hydrogen-bond acceptors (Lipinski definition) is 4. The second kappa shape index (κ2) is 7.93. The lowest BCUT2D eigenvalue weighted by molar-refractivity contribution is 0.0464. The highest BCUT2D eigenvalue weighted by molar-refractivity contribution is 5.98. The van der Waals surface area contributed by atoms with E-state index in [2.05, 4.69) is 10.4 Å². The van der Waals surface area contributed by atoms with Crippen LogP contribution in [0.2, 0.25) is 0 Å². The molecule has 0 aliphatic carbocycles. The first-order valence-electron chi connectivity index (χ1n) is 8.86. The number of amides is 1. The van der Waals surface area contributed by atoms with Gasteiger partial charge in [0.05, 0.1) is 23.0 Å². The van der Waals surface area contributed by atoms with Gasteiger partial charge in [-0.15, -0.1) is 0 Å². The van der Waals surface area contributed by atoms with Gasteiger partial charge < -0.3 is 10.1 Å². The van der Waals surface area contributed by atoms with E-state index >= 15 is 0 Å². The van der Waals surface area contributed by atoms with E-state index < -0.39 is 5.97 Å². The number of carbonyl (C=O) groups excluding carboxylic acids is 2. The fourth-order valence-electron chi connectivity index (χ4n) is 2.89. The second-order valence-corrected chi connectivity index (χ2v) is 6.25. The van der Waals surface area contributed by atoms with Gasteiger partial charge in [0.25, 0.3) is 5.91 Å². The van der Waals surface area contributed by atoms with Gasteiger partial charge in [-0.25, -0.2) is 13.9 Å². The van der Waals surface area contributed by atoms with Gasteiger partial charge in [0.2, 0.25) is 0 Å². The van der Waals surface area contributed by atoms with Gasteiger partial charge in [-0.3, -0.25) is 4.79 Å². The van der Waals surface area contributed by atoms with Gasteiger partial charge in [-0.1, -0.05) is 18.2 Å². The van der Waals surface area contributed by atoms with Crippen LogP contribution in [0.15, 0.2) is 79.0 Å². The summed E-state index contributed by atoms with van der Waals surface area (Å²) in [6.07, 6.45) is 1.63. The molecule has 4 rings (SSSR count). The van der Waals surface area contributed by atoms with Crippen LogP contribution in [0.3, 0.4) is 0 Å². The number of halogens is 1. The van der Waals surface area contributed by atoms with E-state index in [1.807, 2.05) is 0 Å². The molecule has 0 spiro atoms. The Balaban J connectivity index is 1.43. The molecular formula is C22H16FN3O3. The summed E-state index contributed by atoms with van der Waals surface area (Å²) in [5.74, 6) is -1.21. The molecule has 1 heterocycles. The molecule has 7 heteroatoms. The van der Waals surface area contributed by atoms with E-state index in [0.29, 0.717) is 16.8 Å². The standard InChI is InChI=1S/C22H16FN3O3/c23-18-7-9-19(10-8-18)26-20-11-6-16(12-17(20)13-25-26)21(27)24-14-29-22(28)15-4-2-1-3-5-15/h1-13H,14H2,(H,24,27). The fraction of sp³-hybridized carbons (Fsp3) is 0.0455. The van der Waals surface area contributed by atoms with Crippen molar-refractivity contribution in [3.05, 3.63) is 95.9 Å². The monoisotopic (exact) mass is 389 g/mol. The third kappa shape index (κ3) is 3.98. The Hall–Kier alpha value is -4.00. The zero-order chi connectivity index (χ0) is 20.2. The summed E-state index contributed by atoms with van der Waals surface area (Å²) in [4.78, 5) is 24.2. The van der Waals surface area contributed by atoms with E-state index in [4.69, 9.17) is 4.74 Å². The van der Waals surface area contributed by atoms with Crippen molar-refractivity contribution in [3.8, 4) is 5.69 Å². The van der Waals surface area contributed by atoms with Gasteiger partial charge in [-0.2, -0.15) is 5.10 Å². The molecular weight excluding hydrogens is 373 g/mol. The van der Waals surface area contributed by atoms with Crippen molar-refractivity contribution in [2.75, 3.05) is 6.73 Å². The summed E-state index contributed by atoms with van der Waals surface area (Å²) < 4.78 is 19.9. The highest BCUT2D eigenvalue weighted by Crippen LogP contribution is 2.20. The molecule has 0 bridgehead atoms. The Labute approximate surface area is 165 Å². The number of ether oxygens (including phenoxy) is 1. The maximum absolute atomic E-state index is 13.1. The van der Waals surface area contributed by atoms with Crippen molar-refractivity contribution in [3.63, 3.8) is 0 Å². The molecule has 0 unspecified atom stereocenters. The molecule has 4 aromatic rings. The van der Waals surface area contributed by atoms with Crippen LogP contribution in [-0.2, 0) is 4.74 Å². The summed E-state index contributed by atoms with van der Waals surface area (Å²) >= 11 is 0. The number of carbonyl (C=O) groups is 2. The minimum atomic E-state index is -0.512. The quantitative estimate of drug-likeness (QED) is 0.417. The average molecular weight is 389 g/mol. The van der Waals surface area contributed by atoms with E-state index in [9.17, 15) is 14.0 Å². The number of fused-ring (bicyclic) bond motifs is 1. The highest BCUT2D eigenvalue weighted by Gasteiger charge is 2.11. The molecule has 0 aliphatic rings. The van der Waals surface area contributed by atoms with Gasteiger partial charge in [0.15, 0.2) is 6.73 Å². The number of nitrogens with one attached hydrogen (secondary N) is 1. The Bertz CT molecular complexity index is 1170. The van der Waals surface area contributed by atoms with Gasteiger partial charge in [0, 0.05) is 10.9 Å². The summed E-state index contributed by atoms with van der Waals surface area (Å²) in [6, 6.07) is 19.6. The first-order valence-corrected chi connectivity index (χ1v) is 8.86. The van der Waals surface area contributed by atoms with Crippen molar-refractivity contribution < 1.29 is 18.7 Å². The molecule has 0 aliphatic heterocycles. The smallest absolute Gasteiger partial charge is 0.339 e. The normalized spacial score (nSPS) is 10.7. The van der Waals surface area contributed by atoms with E-state index in [1.54, 1.807) is 71.5 Å². The minimum absolute atomic E-state index is 0.237. The number of rotatable bonds is 5. The van der Waals surface area contributed by atoms with Crippen LogP contribution in [-0.4, -0.2) is 28.4 Å². The summed E-state index contributed by atoms with van der Waals surface area (Å²) in [6.45, 7) is -0.237. The van der Waals surface area contributed by atoms with Crippen LogP contribution >= 0.6 is 0 Å². The van der Waals surface area contributed by atoms with E-state index in [1.165, 1.54) is 12.1 Å². The number of benzene rings is 3. The Morgan fingerprint density at radius 1 is 0.966 bits per heavy atom. The fourth-order valence-corrected chi connectivity index (χ4v) is 2.89. The predicted molar refractivity (Wildman–Crippen MR) is 105 cm³/mol. The first kappa shape index (κ1) is 18.4. The lowest BCUT2D eigenvalue weighted by Crippen LogP contribution is -2.27. The first-order chi connectivity index (χ1) is 14.1. The molecule has 29 heavy (non-hydrogen) atoms. The molecule has 1 N–H and O–H groups in total. The molecule has 3 aromatic carbocycles.